The highest BCUT2D eigenvalue weighted by Gasteiger charge is 2.35. The molecule has 0 bridgehead atoms. The number of nitrogens with one attached hydrogen (secondary N) is 2. The van der Waals surface area contributed by atoms with Gasteiger partial charge >= 0.3 is 0 Å². The van der Waals surface area contributed by atoms with Crippen molar-refractivity contribution in [1.29, 1.82) is 0 Å². The summed E-state index contributed by atoms with van der Waals surface area (Å²) < 4.78 is 28.1. The molecule has 3 N–H and O–H groups in total. The Bertz CT molecular complexity index is 1130. The Kier molecular flexibility index (Phi) is 6.25. The first-order chi connectivity index (χ1) is 14.9. The van der Waals surface area contributed by atoms with Crippen LogP contribution in [0, 0.1) is 11.6 Å². The average Bonchev–Trinajstić information content (AvgIpc) is 2.75. The standard InChI is InChI=1S/C22H26F2N4O4/c1-12-7-8-22(2,3)27(4)21(32)17-19(30)18(29)15(11-28(17)26-12)20(31)25-10-13-5-6-14(23)9-16(13)24/h5-6,9,11-12,26,30H,7-8,10H2,1-4H3,(H,25,31)/t12-/m1/s1. The minimum Gasteiger partial charge on any atom is -0.502 e. The summed E-state index contributed by atoms with van der Waals surface area (Å²) in [5.74, 6) is -3.91. The van der Waals surface area contributed by atoms with Gasteiger partial charge in [-0.05, 0) is 39.7 Å². The molecule has 0 unspecified atom stereocenters. The summed E-state index contributed by atoms with van der Waals surface area (Å²) in [6.45, 7) is 5.35. The van der Waals surface area contributed by atoms with E-state index in [9.17, 15) is 28.3 Å². The largest absolute Gasteiger partial charge is 0.502 e. The highest BCUT2D eigenvalue weighted by Crippen LogP contribution is 2.26. The summed E-state index contributed by atoms with van der Waals surface area (Å²) in [6, 6.07) is 2.78. The fraction of sp³-hybridized carbons (Fsp3) is 0.409. The van der Waals surface area contributed by atoms with Crippen LogP contribution in [0.4, 0.5) is 8.78 Å². The van der Waals surface area contributed by atoms with Gasteiger partial charge < -0.3 is 20.7 Å². The second-order valence-corrected chi connectivity index (χ2v) is 8.60. The quantitative estimate of drug-likeness (QED) is 0.669. The highest BCUT2D eigenvalue weighted by molar-refractivity contribution is 5.98. The molecule has 1 aliphatic rings. The predicted molar refractivity (Wildman–Crippen MR) is 114 cm³/mol. The van der Waals surface area contributed by atoms with Gasteiger partial charge in [0.1, 0.15) is 17.2 Å². The van der Waals surface area contributed by atoms with E-state index in [1.165, 1.54) is 15.6 Å². The van der Waals surface area contributed by atoms with E-state index in [4.69, 9.17) is 0 Å². The minimum atomic E-state index is -1.03. The molecule has 0 spiro atoms. The van der Waals surface area contributed by atoms with Crippen LogP contribution in [-0.2, 0) is 6.54 Å². The molecule has 1 aromatic heterocycles. The molecule has 172 valence electrons. The van der Waals surface area contributed by atoms with Crippen LogP contribution in [0.3, 0.4) is 0 Å². The Labute approximate surface area is 183 Å². The lowest BCUT2D eigenvalue weighted by Gasteiger charge is -2.35. The molecule has 0 aliphatic carbocycles. The third-order valence-corrected chi connectivity index (χ3v) is 5.85. The summed E-state index contributed by atoms with van der Waals surface area (Å²) in [6.07, 6.45) is 2.50. The SMILES string of the molecule is C[C@@H]1CCC(C)(C)N(C)C(=O)c2c(O)c(=O)c(C(=O)NCc3ccc(F)cc3F)cn2N1. The second kappa shape index (κ2) is 8.60. The van der Waals surface area contributed by atoms with Crippen LogP contribution >= 0.6 is 0 Å². The maximum absolute atomic E-state index is 13.8. The van der Waals surface area contributed by atoms with Crippen molar-refractivity contribution in [3.8, 4) is 5.75 Å². The van der Waals surface area contributed by atoms with Crippen LogP contribution in [0.5, 0.6) is 5.75 Å². The van der Waals surface area contributed by atoms with Crippen molar-refractivity contribution in [3.63, 3.8) is 0 Å². The molecule has 8 nitrogen and oxygen atoms in total. The fourth-order valence-electron chi connectivity index (χ4n) is 3.48. The van der Waals surface area contributed by atoms with E-state index in [2.05, 4.69) is 10.7 Å². The molecule has 0 fully saturated rings. The van der Waals surface area contributed by atoms with Gasteiger partial charge in [-0.25, -0.2) is 8.78 Å². The lowest BCUT2D eigenvalue weighted by molar-refractivity contribution is 0.0598. The Morgan fingerprint density at radius 2 is 2.00 bits per heavy atom. The molecule has 2 aromatic rings. The molecular weight excluding hydrogens is 422 g/mol. The normalized spacial score (nSPS) is 18.1. The molecule has 0 saturated heterocycles. The van der Waals surface area contributed by atoms with E-state index in [0.717, 1.165) is 12.3 Å². The zero-order chi connectivity index (χ0) is 23.8. The smallest absolute Gasteiger partial charge is 0.276 e. The first-order valence-corrected chi connectivity index (χ1v) is 10.2. The summed E-state index contributed by atoms with van der Waals surface area (Å²) >= 11 is 0. The molecule has 10 heteroatoms. The number of halogens is 2. The van der Waals surface area contributed by atoms with Crippen LogP contribution in [0.25, 0.3) is 0 Å². The van der Waals surface area contributed by atoms with Gasteiger partial charge in [0.05, 0.1) is 0 Å². The van der Waals surface area contributed by atoms with Gasteiger partial charge in [-0.2, -0.15) is 0 Å². The van der Waals surface area contributed by atoms with E-state index in [1.54, 1.807) is 7.05 Å². The number of hydrogen-bond donors (Lipinski definition) is 3. The molecular formula is C22H26F2N4O4. The summed E-state index contributed by atoms with van der Waals surface area (Å²) in [7, 11) is 1.59. The molecule has 2 heterocycles. The fourth-order valence-corrected chi connectivity index (χ4v) is 3.48. The van der Waals surface area contributed by atoms with Crippen LogP contribution in [-0.4, -0.2) is 45.1 Å². The zero-order valence-electron chi connectivity index (χ0n) is 18.3. The third-order valence-electron chi connectivity index (χ3n) is 5.85. The van der Waals surface area contributed by atoms with Crippen LogP contribution in [0.15, 0.2) is 29.2 Å². The summed E-state index contributed by atoms with van der Waals surface area (Å²) in [5.41, 5.74) is 0.798. The van der Waals surface area contributed by atoms with Crippen molar-refractivity contribution in [2.45, 2.75) is 51.7 Å². The molecule has 2 amide bonds. The number of rotatable bonds is 3. The van der Waals surface area contributed by atoms with Crippen molar-refractivity contribution >= 4 is 11.8 Å². The number of carbonyl (C=O) groups excluding carboxylic acids is 2. The molecule has 1 aromatic carbocycles. The van der Waals surface area contributed by atoms with E-state index in [-0.39, 0.29) is 23.8 Å². The monoisotopic (exact) mass is 448 g/mol. The van der Waals surface area contributed by atoms with E-state index < -0.39 is 45.7 Å². The Balaban J connectivity index is 1.98. The molecule has 32 heavy (non-hydrogen) atoms. The summed E-state index contributed by atoms with van der Waals surface area (Å²) in [4.78, 5) is 39.9. The maximum atomic E-state index is 13.8. The molecule has 0 radical (unpaired) electrons. The lowest BCUT2D eigenvalue weighted by Crippen LogP contribution is -2.46. The average molecular weight is 448 g/mol. The van der Waals surface area contributed by atoms with Crippen molar-refractivity contribution in [2.24, 2.45) is 0 Å². The van der Waals surface area contributed by atoms with E-state index in [1.807, 2.05) is 20.8 Å². The zero-order valence-corrected chi connectivity index (χ0v) is 18.3. The number of aromatic hydroxyl groups is 1. The van der Waals surface area contributed by atoms with Crippen molar-refractivity contribution < 1.29 is 23.5 Å². The van der Waals surface area contributed by atoms with Gasteiger partial charge in [-0.15, -0.1) is 0 Å². The van der Waals surface area contributed by atoms with Gasteiger partial charge in [0.15, 0.2) is 11.4 Å². The Morgan fingerprint density at radius 3 is 2.66 bits per heavy atom. The number of carbonyl (C=O) groups is 2. The topological polar surface area (TPSA) is 104 Å². The molecule has 1 atom stereocenters. The second-order valence-electron chi connectivity index (χ2n) is 8.60. The first kappa shape index (κ1) is 23.2. The Hall–Kier alpha value is -3.43. The number of hydrogen-bond acceptors (Lipinski definition) is 5. The van der Waals surface area contributed by atoms with Gasteiger partial charge in [0.25, 0.3) is 11.8 Å². The molecule has 3 rings (SSSR count). The van der Waals surface area contributed by atoms with Gasteiger partial charge in [0, 0.05) is 43.0 Å². The van der Waals surface area contributed by atoms with Crippen molar-refractivity contribution in [1.82, 2.24) is 14.9 Å². The number of fused-ring (bicyclic) bond motifs is 1. The van der Waals surface area contributed by atoms with E-state index in [0.29, 0.717) is 18.9 Å². The van der Waals surface area contributed by atoms with Gasteiger partial charge in [0.2, 0.25) is 5.43 Å². The number of nitrogens with zero attached hydrogens (tertiary/aromatic N) is 2. The van der Waals surface area contributed by atoms with Gasteiger partial charge in [-0.3, -0.25) is 19.1 Å². The predicted octanol–water partition coefficient (Wildman–Crippen LogP) is 2.34. The Morgan fingerprint density at radius 1 is 1.31 bits per heavy atom. The first-order valence-electron chi connectivity index (χ1n) is 10.2. The summed E-state index contributed by atoms with van der Waals surface area (Å²) in [5, 5.41) is 13.0. The number of aromatic nitrogens is 1. The third kappa shape index (κ3) is 4.44. The van der Waals surface area contributed by atoms with Crippen LogP contribution in [0.1, 0.15) is 60.0 Å². The van der Waals surface area contributed by atoms with E-state index >= 15 is 0 Å². The van der Waals surface area contributed by atoms with Gasteiger partial charge in [-0.1, -0.05) is 6.07 Å². The maximum Gasteiger partial charge on any atom is 0.276 e. The number of benzene rings is 1. The number of pyridine rings is 1. The van der Waals surface area contributed by atoms with Crippen LogP contribution in [0.2, 0.25) is 0 Å². The number of amides is 2. The molecule has 1 aliphatic heterocycles. The van der Waals surface area contributed by atoms with Crippen LogP contribution < -0.4 is 16.2 Å². The molecule has 0 saturated carbocycles. The van der Waals surface area contributed by atoms with Crippen molar-refractivity contribution in [3.05, 3.63) is 63.1 Å². The lowest BCUT2D eigenvalue weighted by atomic mass is 9.94. The van der Waals surface area contributed by atoms with Crippen molar-refractivity contribution in [2.75, 3.05) is 12.5 Å². The highest BCUT2D eigenvalue weighted by atomic mass is 19.1. The minimum absolute atomic E-state index is 0.0255.